The predicted octanol–water partition coefficient (Wildman–Crippen LogP) is 3.32. The van der Waals surface area contributed by atoms with E-state index < -0.39 is 17.5 Å². The van der Waals surface area contributed by atoms with Crippen molar-refractivity contribution >= 4 is 11.0 Å². The Morgan fingerprint density at radius 3 is 2.67 bits per heavy atom. The van der Waals surface area contributed by atoms with Crippen molar-refractivity contribution in [2.75, 3.05) is 26.9 Å². The molecule has 3 aromatic rings. The second kappa shape index (κ2) is 9.14. The van der Waals surface area contributed by atoms with Crippen LogP contribution < -0.4 is 19.5 Å². The van der Waals surface area contributed by atoms with Gasteiger partial charge in [-0.3, -0.25) is 4.98 Å². The highest BCUT2D eigenvalue weighted by Crippen LogP contribution is 2.46. The lowest BCUT2D eigenvalue weighted by Crippen LogP contribution is -2.65. The summed E-state index contributed by atoms with van der Waals surface area (Å²) in [4.78, 5) is 8.53. The van der Waals surface area contributed by atoms with Gasteiger partial charge in [0.15, 0.2) is 11.5 Å². The Kier molecular flexibility index (Phi) is 5.94. The first kappa shape index (κ1) is 23.4. The second-order valence-corrected chi connectivity index (χ2v) is 9.99. The fraction of sp³-hybridized carbons (Fsp3) is 0.481. The Bertz CT molecular complexity index is 1260. The lowest BCUT2D eigenvalue weighted by molar-refractivity contribution is -0.208. The molecule has 36 heavy (non-hydrogen) atoms. The molecule has 8 nitrogen and oxygen atoms in total. The summed E-state index contributed by atoms with van der Waals surface area (Å²) in [5, 5.41) is 15.0. The molecule has 1 aromatic carbocycles. The van der Waals surface area contributed by atoms with Crippen molar-refractivity contribution in [3.8, 4) is 17.4 Å². The van der Waals surface area contributed by atoms with E-state index in [1.165, 1.54) is 13.3 Å². The standard InChI is InChI=1S/C27H30FN3O5/c1-33-24-5-3-20-25(31-24)18(19(28)15-29-20)13-23(32)27-8-6-26(7-9-27,16-36-27)30-14-17-2-4-21-22(12-17)35-11-10-34-21/h2-5,12,15,23,30,32H,6-11,13-14,16H2,1H3. The van der Waals surface area contributed by atoms with E-state index in [1.54, 1.807) is 12.1 Å². The normalized spacial score (nSPS) is 25.6. The van der Waals surface area contributed by atoms with Gasteiger partial charge in [-0.2, -0.15) is 0 Å². The van der Waals surface area contributed by atoms with Crippen LogP contribution in [0.4, 0.5) is 4.39 Å². The summed E-state index contributed by atoms with van der Waals surface area (Å²) < 4.78 is 37.7. The molecule has 2 bridgehead atoms. The molecule has 1 unspecified atom stereocenters. The van der Waals surface area contributed by atoms with Gasteiger partial charge in [0.2, 0.25) is 5.88 Å². The van der Waals surface area contributed by atoms with Crippen molar-refractivity contribution in [3.63, 3.8) is 0 Å². The summed E-state index contributed by atoms with van der Waals surface area (Å²) in [7, 11) is 1.51. The lowest BCUT2D eigenvalue weighted by atomic mass is 9.68. The number of aliphatic hydroxyl groups excluding tert-OH is 1. The van der Waals surface area contributed by atoms with Gasteiger partial charge in [-0.05, 0) is 49.4 Å². The Morgan fingerprint density at radius 1 is 1.11 bits per heavy atom. The molecule has 2 aromatic heterocycles. The molecular weight excluding hydrogens is 465 g/mol. The molecule has 3 fully saturated rings. The van der Waals surface area contributed by atoms with Crippen molar-refractivity contribution in [2.45, 2.75) is 55.9 Å². The first-order chi connectivity index (χ1) is 17.5. The summed E-state index contributed by atoms with van der Waals surface area (Å²) in [6.45, 7) is 2.33. The smallest absolute Gasteiger partial charge is 0.213 e. The van der Waals surface area contributed by atoms with Gasteiger partial charge in [-0.15, -0.1) is 0 Å². The van der Waals surface area contributed by atoms with Crippen LogP contribution in [-0.2, 0) is 17.7 Å². The number of hydrogen-bond donors (Lipinski definition) is 2. The van der Waals surface area contributed by atoms with Crippen LogP contribution in [0.5, 0.6) is 17.4 Å². The van der Waals surface area contributed by atoms with Gasteiger partial charge in [-0.1, -0.05) is 6.07 Å². The monoisotopic (exact) mass is 495 g/mol. The maximum absolute atomic E-state index is 14.8. The second-order valence-electron chi connectivity index (χ2n) is 9.99. The van der Waals surface area contributed by atoms with Crippen molar-refractivity contribution in [1.29, 1.82) is 0 Å². The number of benzene rings is 1. The first-order valence-corrected chi connectivity index (χ1v) is 12.4. The van der Waals surface area contributed by atoms with E-state index in [9.17, 15) is 9.50 Å². The average molecular weight is 496 g/mol. The van der Waals surface area contributed by atoms with Crippen molar-refractivity contribution in [2.24, 2.45) is 0 Å². The molecule has 1 atom stereocenters. The van der Waals surface area contributed by atoms with Gasteiger partial charge in [0, 0.05) is 30.1 Å². The zero-order valence-electron chi connectivity index (χ0n) is 20.3. The van der Waals surface area contributed by atoms with E-state index in [0.29, 0.717) is 61.7 Å². The number of halogens is 1. The summed E-state index contributed by atoms with van der Waals surface area (Å²) in [5.74, 6) is 1.46. The van der Waals surface area contributed by atoms with Crippen LogP contribution in [0.3, 0.4) is 0 Å². The van der Waals surface area contributed by atoms with Crippen molar-refractivity contribution in [3.05, 3.63) is 53.5 Å². The summed E-state index contributed by atoms with van der Waals surface area (Å²) in [5.41, 5.74) is 1.60. The third-order valence-corrected chi connectivity index (χ3v) is 7.92. The van der Waals surface area contributed by atoms with Crippen LogP contribution in [-0.4, -0.2) is 59.2 Å². The maximum Gasteiger partial charge on any atom is 0.213 e. The van der Waals surface area contributed by atoms with Gasteiger partial charge >= 0.3 is 0 Å². The highest BCUT2D eigenvalue weighted by atomic mass is 19.1. The molecule has 0 amide bonds. The Hall–Kier alpha value is -3.01. The topological polar surface area (TPSA) is 95.0 Å². The summed E-state index contributed by atoms with van der Waals surface area (Å²) in [6, 6.07) is 9.46. The van der Waals surface area contributed by atoms with Crippen LogP contribution in [0.2, 0.25) is 0 Å². The molecule has 1 saturated carbocycles. The third-order valence-electron chi connectivity index (χ3n) is 7.92. The zero-order valence-corrected chi connectivity index (χ0v) is 20.3. The number of nitrogens with zero attached hydrogens (tertiary/aromatic N) is 2. The highest BCUT2D eigenvalue weighted by Gasteiger charge is 2.53. The number of ether oxygens (including phenoxy) is 4. The van der Waals surface area contributed by atoms with Crippen LogP contribution in [0.1, 0.15) is 36.8 Å². The van der Waals surface area contributed by atoms with Gasteiger partial charge in [0.1, 0.15) is 19.0 Å². The Balaban J connectivity index is 1.13. The number of aliphatic hydroxyl groups is 1. The summed E-state index contributed by atoms with van der Waals surface area (Å²) in [6.07, 6.45) is 3.57. The molecule has 7 rings (SSSR count). The highest BCUT2D eigenvalue weighted by molar-refractivity contribution is 5.78. The molecule has 1 aliphatic carbocycles. The Morgan fingerprint density at radius 2 is 1.92 bits per heavy atom. The van der Waals surface area contributed by atoms with E-state index in [0.717, 1.165) is 29.9 Å². The minimum Gasteiger partial charge on any atom is -0.486 e. The largest absolute Gasteiger partial charge is 0.486 e. The van der Waals surface area contributed by atoms with Crippen molar-refractivity contribution in [1.82, 2.24) is 15.3 Å². The lowest BCUT2D eigenvalue weighted by Gasteiger charge is -2.55. The first-order valence-electron chi connectivity index (χ1n) is 12.4. The molecule has 2 N–H and O–H groups in total. The van der Waals surface area contributed by atoms with E-state index in [-0.39, 0.29) is 12.0 Å². The quantitative estimate of drug-likeness (QED) is 0.516. The molecule has 2 saturated heterocycles. The molecule has 4 aliphatic rings. The van der Waals surface area contributed by atoms with Gasteiger partial charge in [0.25, 0.3) is 0 Å². The van der Waals surface area contributed by atoms with Crippen LogP contribution in [0.25, 0.3) is 11.0 Å². The van der Waals surface area contributed by atoms with Crippen molar-refractivity contribution < 1.29 is 28.4 Å². The molecular formula is C27H30FN3O5. The molecule has 0 spiro atoms. The van der Waals surface area contributed by atoms with E-state index in [4.69, 9.17) is 18.9 Å². The van der Waals surface area contributed by atoms with E-state index in [1.807, 2.05) is 18.2 Å². The van der Waals surface area contributed by atoms with Crippen LogP contribution >= 0.6 is 0 Å². The SMILES string of the molecule is COc1ccc2ncc(F)c(CC(O)C34CCC(NCc5ccc6c(c5)OCCO6)(CC3)CO4)c2n1. The number of hydrogen-bond acceptors (Lipinski definition) is 8. The number of aromatic nitrogens is 2. The molecule has 3 aliphatic heterocycles. The third kappa shape index (κ3) is 4.15. The molecule has 9 heteroatoms. The minimum atomic E-state index is -0.860. The maximum atomic E-state index is 14.8. The number of nitrogens with one attached hydrogen (secondary N) is 1. The predicted molar refractivity (Wildman–Crippen MR) is 130 cm³/mol. The fourth-order valence-electron chi connectivity index (χ4n) is 5.63. The number of pyridine rings is 2. The fourth-order valence-corrected chi connectivity index (χ4v) is 5.63. The summed E-state index contributed by atoms with van der Waals surface area (Å²) >= 11 is 0. The minimum absolute atomic E-state index is 0.0998. The van der Waals surface area contributed by atoms with E-state index >= 15 is 0 Å². The number of rotatable bonds is 7. The zero-order chi connectivity index (χ0) is 24.8. The Labute approximate surface area is 208 Å². The van der Waals surface area contributed by atoms with Gasteiger partial charge < -0.3 is 29.4 Å². The van der Waals surface area contributed by atoms with Crippen LogP contribution in [0.15, 0.2) is 36.5 Å². The van der Waals surface area contributed by atoms with Gasteiger partial charge in [0.05, 0.1) is 42.7 Å². The molecule has 5 heterocycles. The number of methoxy groups -OCH3 is 1. The van der Waals surface area contributed by atoms with E-state index in [2.05, 4.69) is 15.3 Å². The number of fused-ring (bicyclic) bond motifs is 5. The average Bonchev–Trinajstić information content (AvgIpc) is 2.94. The molecule has 0 radical (unpaired) electrons. The van der Waals surface area contributed by atoms with Gasteiger partial charge in [-0.25, -0.2) is 9.37 Å². The molecule has 190 valence electrons. The van der Waals surface area contributed by atoms with Crippen LogP contribution in [0, 0.1) is 5.82 Å².